The lowest BCUT2D eigenvalue weighted by molar-refractivity contribution is -0.116. The van der Waals surface area contributed by atoms with Crippen LogP contribution in [-0.4, -0.2) is 21.7 Å². The van der Waals surface area contributed by atoms with Crippen LogP contribution in [0.1, 0.15) is 41.2 Å². The number of nitrogens with zero attached hydrogens (tertiary/aromatic N) is 2. The summed E-state index contributed by atoms with van der Waals surface area (Å²) in [6.45, 7) is 1.99. The second kappa shape index (κ2) is 8.20. The summed E-state index contributed by atoms with van der Waals surface area (Å²) in [5.41, 5.74) is 4.43. The molecule has 0 saturated heterocycles. The number of anilines is 1. The van der Waals surface area contributed by atoms with Gasteiger partial charge in [-0.05, 0) is 43.3 Å². The van der Waals surface area contributed by atoms with Gasteiger partial charge < -0.3 is 5.11 Å². The van der Waals surface area contributed by atoms with Crippen molar-refractivity contribution >= 4 is 34.4 Å². The van der Waals surface area contributed by atoms with Gasteiger partial charge in [-0.15, -0.1) is 11.3 Å². The molecule has 0 bridgehead atoms. The largest absolute Gasteiger partial charge is 0.507 e. The number of rotatable bonds is 3. The smallest absolute Gasteiger partial charge is 0.161 e. The van der Waals surface area contributed by atoms with Crippen molar-refractivity contribution in [2.45, 2.75) is 32.1 Å². The lowest BCUT2D eigenvalue weighted by atomic mass is 9.76. The van der Waals surface area contributed by atoms with E-state index >= 15 is 0 Å². The summed E-state index contributed by atoms with van der Waals surface area (Å²) in [7, 11) is 0. The van der Waals surface area contributed by atoms with Crippen molar-refractivity contribution in [2.75, 3.05) is 4.90 Å². The van der Waals surface area contributed by atoms with Gasteiger partial charge in [-0.3, -0.25) is 20.1 Å². The van der Waals surface area contributed by atoms with Gasteiger partial charge in [-0.25, -0.2) is 0 Å². The molecule has 2 aliphatic rings. The maximum atomic E-state index is 13.3. The van der Waals surface area contributed by atoms with E-state index in [9.17, 15) is 15.3 Å². The van der Waals surface area contributed by atoms with E-state index in [4.69, 9.17) is 0 Å². The Morgan fingerprint density at radius 1 is 1.16 bits per heavy atom. The number of benzene rings is 1. The van der Waals surface area contributed by atoms with Gasteiger partial charge in [-0.2, -0.15) is 0 Å². The van der Waals surface area contributed by atoms with Crippen molar-refractivity contribution < 1.29 is 9.90 Å². The van der Waals surface area contributed by atoms with Crippen LogP contribution in [0.4, 0.5) is 5.69 Å². The number of nitrogens with one attached hydrogen (secondary N) is 1. The standard InChI is InChI=1S/C26H23N3O2S/c1-16-9-11-17(12-10-16)25(31)24-23(21-8-4-14-32-21)22-19(6-2-7-20(22)30)29(26(24)27)18-5-3-13-28-15-18/h3-5,8-15,23,27,31H,2,6-7H2,1H3/b25-24+,27-26?. The average Bonchev–Trinajstić information content (AvgIpc) is 3.34. The summed E-state index contributed by atoms with van der Waals surface area (Å²) < 4.78 is 0. The van der Waals surface area contributed by atoms with E-state index in [0.29, 0.717) is 29.6 Å². The number of amidine groups is 1. The van der Waals surface area contributed by atoms with Crippen LogP contribution in [-0.2, 0) is 4.79 Å². The summed E-state index contributed by atoms with van der Waals surface area (Å²) in [5, 5.41) is 22.7. The van der Waals surface area contributed by atoms with Crippen molar-refractivity contribution in [2.24, 2.45) is 0 Å². The first-order valence-electron chi connectivity index (χ1n) is 10.6. The Morgan fingerprint density at radius 3 is 2.66 bits per heavy atom. The summed E-state index contributed by atoms with van der Waals surface area (Å²) in [4.78, 5) is 20.3. The summed E-state index contributed by atoms with van der Waals surface area (Å²) in [6, 6.07) is 15.2. The van der Waals surface area contributed by atoms with E-state index in [2.05, 4.69) is 4.98 Å². The first kappa shape index (κ1) is 20.4. The number of hydrogen-bond acceptors (Lipinski definition) is 5. The number of pyridine rings is 1. The number of thiophene rings is 1. The maximum Gasteiger partial charge on any atom is 0.161 e. The van der Waals surface area contributed by atoms with E-state index in [0.717, 1.165) is 28.2 Å². The average molecular weight is 442 g/mol. The molecule has 0 fully saturated rings. The van der Waals surface area contributed by atoms with Crippen LogP contribution in [0.25, 0.3) is 5.76 Å². The van der Waals surface area contributed by atoms with Crippen LogP contribution in [0, 0.1) is 12.3 Å². The Labute approximate surface area is 190 Å². The minimum atomic E-state index is -0.459. The highest BCUT2D eigenvalue weighted by molar-refractivity contribution is 7.10. The zero-order valence-electron chi connectivity index (χ0n) is 17.7. The highest BCUT2D eigenvalue weighted by Gasteiger charge is 2.43. The molecule has 0 saturated carbocycles. The Hall–Kier alpha value is -3.51. The van der Waals surface area contributed by atoms with E-state index in [1.54, 1.807) is 28.6 Å². The zero-order valence-corrected chi connectivity index (χ0v) is 18.5. The number of carbonyl (C=O) groups is 1. The monoisotopic (exact) mass is 441 g/mol. The normalized spacial score (nSPS) is 20.4. The van der Waals surface area contributed by atoms with Crippen LogP contribution in [0.5, 0.6) is 0 Å². The molecule has 5 rings (SSSR count). The van der Waals surface area contributed by atoms with Gasteiger partial charge in [0.1, 0.15) is 11.6 Å². The lowest BCUT2D eigenvalue weighted by Crippen LogP contribution is -2.42. The van der Waals surface area contributed by atoms with Crippen LogP contribution in [0.15, 0.2) is 83.1 Å². The fourth-order valence-electron chi connectivity index (χ4n) is 4.57. The second-order valence-electron chi connectivity index (χ2n) is 8.11. The van der Waals surface area contributed by atoms with Gasteiger partial charge in [0, 0.05) is 34.3 Å². The molecule has 1 aromatic carbocycles. The molecule has 0 radical (unpaired) electrons. The molecule has 0 amide bonds. The number of hydrogen-bond donors (Lipinski definition) is 2. The van der Waals surface area contributed by atoms with Crippen molar-refractivity contribution in [3.63, 3.8) is 0 Å². The third-order valence-corrected chi connectivity index (χ3v) is 7.00. The molecule has 0 spiro atoms. The SMILES string of the molecule is Cc1ccc(/C(O)=C2\C(=N)N(c3cccnc3)C3=C(C(=O)CCC3)C2c2cccs2)cc1. The summed E-state index contributed by atoms with van der Waals surface area (Å²) in [5.74, 6) is -0.157. The number of Topliss-reactive ketones (excluding diaryl/α,β-unsaturated/α-hetero) is 1. The summed E-state index contributed by atoms with van der Waals surface area (Å²) >= 11 is 1.55. The third-order valence-electron chi connectivity index (χ3n) is 6.07. The Morgan fingerprint density at radius 2 is 1.97 bits per heavy atom. The molecule has 5 nitrogen and oxygen atoms in total. The topological polar surface area (TPSA) is 77.3 Å². The first-order chi connectivity index (χ1) is 15.6. The van der Waals surface area contributed by atoms with E-state index in [1.807, 2.05) is 60.8 Å². The van der Waals surface area contributed by atoms with Crippen LogP contribution >= 0.6 is 11.3 Å². The molecule has 1 atom stereocenters. The number of aliphatic hydroxyl groups excluding tert-OH is 1. The number of aromatic nitrogens is 1. The predicted molar refractivity (Wildman–Crippen MR) is 128 cm³/mol. The van der Waals surface area contributed by atoms with Crippen molar-refractivity contribution in [1.29, 1.82) is 5.41 Å². The van der Waals surface area contributed by atoms with Crippen molar-refractivity contribution in [1.82, 2.24) is 4.98 Å². The number of allylic oxidation sites excluding steroid dienone is 2. The van der Waals surface area contributed by atoms with E-state index in [-0.39, 0.29) is 17.4 Å². The molecular formula is C26H23N3O2S. The number of ketones is 1. The third kappa shape index (κ3) is 3.37. The summed E-state index contributed by atoms with van der Waals surface area (Å²) in [6.07, 6.45) is 5.33. The molecule has 1 aliphatic heterocycles. The highest BCUT2D eigenvalue weighted by atomic mass is 32.1. The van der Waals surface area contributed by atoms with Crippen LogP contribution in [0.2, 0.25) is 0 Å². The minimum absolute atomic E-state index is 0.0345. The molecule has 160 valence electrons. The van der Waals surface area contributed by atoms with Gasteiger partial charge >= 0.3 is 0 Å². The van der Waals surface area contributed by atoms with Crippen LogP contribution < -0.4 is 4.90 Å². The number of carbonyl (C=O) groups excluding carboxylic acids is 1. The van der Waals surface area contributed by atoms with E-state index < -0.39 is 5.92 Å². The van der Waals surface area contributed by atoms with Gasteiger partial charge in [0.25, 0.3) is 0 Å². The molecular weight excluding hydrogens is 418 g/mol. The first-order valence-corrected chi connectivity index (χ1v) is 11.5. The molecule has 32 heavy (non-hydrogen) atoms. The Kier molecular flexibility index (Phi) is 5.23. The minimum Gasteiger partial charge on any atom is -0.507 e. The maximum absolute atomic E-state index is 13.3. The number of aliphatic hydroxyl groups is 1. The van der Waals surface area contributed by atoms with Gasteiger partial charge in [0.15, 0.2) is 5.78 Å². The van der Waals surface area contributed by atoms with Crippen molar-refractivity contribution in [3.05, 3.63) is 99.2 Å². The van der Waals surface area contributed by atoms with Gasteiger partial charge in [-0.1, -0.05) is 35.9 Å². The fraction of sp³-hybridized carbons (Fsp3) is 0.192. The molecule has 2 aromatic heterocycles. The number of aryl methyl sites for hydroxylation is 1. The fourth-order valence-corrected chi connectivity index (χ4v) is 5.41. The molecule has 2 N–H and O–H groups in total. The zero-order chi connectivity index (χ0) is 22.2. The molecule has 3 heterocycles. The Balaban J connectivity index is 1.81. The Bertz CT molecular complexity index is 1240. The predicted octanol–water partition coefficient (Wildman–Crippen LogP) is 6.01. The van der Waals surface area contributed by atoms with Crippen molar-refractivity contribution in [3.8, 4) is 0 Å². The lowest BCUT2D eigenvalue weighted by Gasteiger charge is -2.41. The van der Waals surface area contributed by atoms with E-state index in [1.165, 1.54) is 0 Å². The molecule has 1 unspecified atom stereocenters. The quantitative estimate of drug-likeness (QED) is 0.488. The molecule has 1 aliphatic carbocycles. The molecule has 3 aromatic rings. The van der Waals surface area contributed by atoms with Gasteiger partial charge in [0.2, 0.25) is 0 Å². The second-order valence-corrected chi connectivity index (χ2v) is 9.09. The van der Waals surface area contributed by atoms with Gasteiger partial charge in [0.05, 0.1) is 23.4 Å². The highest BCUT2D eigenvalue weighted by Crippen LogP contribution is 2.48. The molecule has 6 heteroatoms. The van der Waals surface area contributed by atoms with Crippen LogP contribution in [0.3, 0.4) is 0 Å².